The first-order valence-corrected chi connectivity index (χ1v) is 17.3. The van der Waals surface area contributed by atoms with Gasteiger partial charge in [-0.25, -0.2) is 0 Å². The smallest absolute Gasteiger partial charge is 0.143 e. The Labute approximate surface area is 293 Å². The van der Waals surface area contributed by atoms with Gasteiger partial charge in [0.15, 0.2) is 0 Å². The van der Waals surface area contributed by atoms with Crippen LogP contribution in [-0.4, -0.2) is 4.57 Å². The minimum absolute atomic E-state index is 0.865. The van der Waals surface area contributed by atoms with E-state index in [0.29, 0.717) is 0 Å². The fourth-order valence-corrected chi connectivity index (χ4v) is 8.06. The topological polar surface area (TPSA) is 31.2 Å². The Bertz CT molecular complexity index is 3030. The van der Waals surface area contributed by atoms with Crippen molar-refractivity contribution in [2.24, 2.45) is 0 Å². The third-order valence-corrected chi connectivity index (χ3v) is 10.4. The molecule has 0 bridgehead atoms. The van der Waals surface area contributed by atoms with Gasteiger partial charge in [0.05, 0.1) is 11.0 Å². The summed E-state index contributed by atoms with van der Waals surface area (Å²) in [6, 6.07) is 62.5. The Kier molecular flexibility index (Phi) is 5.96. The van der Waals surface area contributed by atoms with Gasteiger partial charge in [0.2, 0.25) is 0 Å². The fraction of sp³-hybridized carbons (Fsp3) is 0. The van der Waals surface area contributed by atoms with E-state index in [-0.39, 0.29) is 0 Å². The lowest BCUT2D eigenvalue weighted by molar-refractivity contribution is 0.668. The van der Waals surface area contributed by atoms with Crippen LogP contribution in [0.2, 0.25) is 0 Å². The van der Waals surface area contributed by atoms with E-state index in [0.717, 1.165) is 60.7 Å². The van der Waals surface area contributed by atoms with Gasteiger partial charge in [-0.3, -0.25) is 0 Å². The average Bonchev–Trinajstić information content (AvgIpc) is 3.87. The Hall–Kier alpha value is -6.84. The zero-order chi connectivity index (χ0) is 33.5. The molecule has 0 fully saturated rings. The van der Waals surface area contributed by atoms with E-state index in [1.807, 2.05) is 18.2 Å². The Morgan fingerprint density at radius 3 is 1.65 bits per heavy atom. The minimum Gasteiger partial charge on any atom is -0.456 e. The zero-order valence-corrected chi connectivity index (χ0v) is 27.5. The molecule has 0 amide bonds. The van der Waals surface area contributed by atoms with E-state index in [1.54, 1.807) is 0 Å². The summed E-state index contributed by atoms with van der Waals surface area (Å²) in [5, 5.41) is 6.85. The molecular weight excluding hydrogens is 623 g/mol. The second kappa shape index (κ2) is 10.8. The molecule has 0 radical (unpaired) electrons. The van der Waals surface area contributed by atoms with E-state index < -0.39 is 0 Å². The predicted molar refractivity (Wildman–Crippen MR) is 212 cm³/mol. The van der Waals surface area contributed by atoms with Gasteiger partial charge in [-0.05, 0) is 82.4 Å². The van der Waals surface area contributed by atoms with Crippen LogP contribution in [-0.2, 0) is 0 Å². The highest BCUT2D eigenvalue weighted by Gasteiger charge is 2.19. The number of para-hydroxylation sites is 2. The van der Waals surface area contributed by atoms with Gasteiger partial charge in [0.25, 0.3) is 0 Å². The average molecular weight is 652 g/mol. The highest BCUT2D eigenvalue weighted by Crippen LogP contribution is 2.43. The van der Waals surface area contributed by atoms with Crippen molar-refractivity contribution in [2.45, 2.75) is 0 Å². The van der Waals surface area contributed by atoms with Gasteiger partial charge in [0.1, 0.15) is 22.3 Å². The molecule has 0 unspecified atom stereocenters. The van der Waals surface area contributed by atoms with Crippen LogP contribution in [0.5, 0.6) is 0 Å². The van der Waals surface area contributed by atoms with Crippen LogP contribution >= 0.6 is 0 Å². The molecule has 3 heterocycles. The van der Waals surface area contributed by atoms with Gasteiger partial charge in [-0.15, -0.1) is 0 Å². The van der Waals surface area contributed by atoms with Gasteiger partial charge >= 0.3 is 0 Å². The summed E-state index contributed by atoms with van der Waals surface area (Å²) in [6.07, 6.45) is 0. The van der Waals surface area contributed by atoms with Crippen LogP contribution < -0.4 is 0 Å². The van der Waals surface area contributed by atoms with Gasteiger partial charge < -0.3 is 13.4 Å². The lowest BCUT2D eigenvalue weighted by atomic mass is 9.97. The van der Waals surface area contributed by atoms with Crippen molar-refractivity contribution < 1.29 is 8.83 Å². The largest absolute Gasteiger partial charge is 0.456 e. The molecule has 11 rings (SSSR count). The molecule has 0 N–H and O–H groups in total. The molecule has 0 aliphatic carbocycles. The fourth-order valence-electron chi connectivity index (χ4n) is 8.06. The first-order chi connectivity index (χ1) is 25.3. The maximum atomic E-state index is 6.71. The van der Waals surface area contributed by atoms with Crippen LogP contribution in [0.1, 0.15) is 0 Å². The van der Waals surface area contributed by atoms with Crippen molar-refractivity contribution in [3.8, 4) is 39.1 Å². The summed E-state index contributed by atoms with van der Waals surface area (Å²) >= 11 is 0. The van der Waals surface area contributed by atoms with Crippen LogP contribution in [0, 0.1) is 0 Å². The van der Waals surface area contributed by atoms with E-state index in [9.17, 15) is 0 Å². The SMILES string of the molecule is c1ccc(-c2ccc3c(c2)c2cc(-c4ccccc4)ccc2n3-c2ccc3oc4c(-c5cccc6oc7ccccc7c56)cccc4c3c2)cc1. The lowest BCUT2D eigenvalue weighted by Crippen LogP contribution is -1.93. The quantitative estimate of drug-likeness (QED) is 0.190. The van der Waals surface area contributed by atoms with Crippen molar-refractivity contribution in [3.05, 3.63) is 176 Å². The first kappa shape index (κ1) is 28.0. The number of nitrogens with zero attached hydrogens (tertiary/aromatic N) is 1. The predicted octanol–water partition coefficient (Wildman–Crippen LogP) is 13.6. The summed E-state index contributed by atoms with van der Waals surface area (Å²) in [5.41, 5.74) is 13.9. The molecule has 0 saturated carbocycles. The number of hydrogen-bond donors (Lipinski definition) is 0. The van der Waals surface area contributed by atoms with Crippen molar-refractivity contribution in [1.82, 2.24) is 4.57 Å². The van der Waals surface area contributed by atoms with Crippen molar-refractivity contribution in [3.63, 3.8) is 0 Å². The third kappa shape index (κ3) is 4.25. The molecule has 8 aromatic carbocycles. The Balaban J connectivity index is 1.14. The van der Waals surface area contributed by atoms with Crippen LogP contribution in [0.25, 0.3) is 105 Å². The molecule has 0 aliphatic rings. The summed E-state index contributed by atoms with van der Waals surface area (Å²) < 4.78 is 15.4. The van der Waals surface area contributed by atoms with E-state index in [2.05, 4.69) is 162 Å². The number of hydrogen-bond acceptors (Lipinski definition) is 2. The molecule has 3 heteroatoms. The second-order valence-corrected chi connectivity index (χ2v) is 13.3. The number of aromatic nitrogens is 1. The second-order valence-electron chi connectivity index (χ2n) is 13.3. The highest BCUT2D eigenvalue weighted by molar-refractivity contribution is 6.18. The maximum absolute atomic E-state index is 6.71. The van der Waals surface area contributed by atoms with Crippen LogP contribution in [0.15, 0.2) is 185 Å². The molecule has 0 saturated heterocycles. The van der Waals surface area contributed by atoms with E-state index >= 15 is 0 Å². The summed E-state index contributed by atoms with van der Waals surface area (Å²) in [5.74, 6) is 0. The maximum Gasteiger partial charge on any atom is 0.143 e. The van der Waals surface area contributed by atoms with Crippen LogP contribution in [0.3, 0.4) is 0 Å². The molecule has 238 valence electrons. The summed E-state index contributed by atoms with van der Waals surface area (Å²) in [7, 11) is 0. The molecule has 0 aliphatic heterocycles. The molecular formula is C48H29NO2. The van der Waals surface area contributed by atoms with Gasteiger partial charge in [-0.2, -0.15) is 0 Å². The Morgan fingerprint density at radius 1 is 0.333 bits per heavy atom. The number of furan rings is 2. The Morgan fingerprint density at radius 2 is 0.922 bits per heavy atom. The molecule has 11 aromatic rings. The molecule has 51 heavy (non-hydrogen) atoms. The number of fused-ring (bicyclic) bond motifs is 9. The monoisotopic (exact) mass is 651 g/mol. The van der Waals surface area contributed by atoms with Crippen molar-refractivity contribution in [1.29, 1.82) is 0 Å². The lowest BCUT2D eigenvalue weighted by Gasteiger charge is -2.09. The van der Waals surface area contributed by atoms with Gasteiger partial charge in [-0.1, -0.05) is 121 Å². The number of rotatable bonds is 4. The summed E-state index contributed by atoms with van der Waals surface area (Å²) in [6.45, 7) is 0. The summed E-state index contributed by atoms with van der Waals surface area (Å²) in [4.78, 5) is 0. The molecule has 0 atom stereocenters. The molecule has 3 aromatic heterocycles. The molecule has 0 spiro atoms. The van der Waals surface area contributed by atoms with E-state index in [4.69, 9.17) is 8.83 Å². The highest BCUT2D eigenvalue weighted by atomic mass is 16.3. The van der Waals surface area contributed by atoms with Crippen molar-refractivity contribution in [2.75, 3.05) is 0 Å². The van der Waals surface area contributed by atoms with E-state index in [1.165, 1.54) is 44.1 Å². The van der Waals surface area contributed by atoms with Crippen LogP contribution in [0.4, 0.5) is 0 Å². The third-order valence-electron chi connectivity index (χ3n) is 10.4. The normalized spacial score (nSPS) is 11.9. The standard InChI is InChI=1S/C48H29NO2/c1-3-11-30(12-4-1)32-21-24-42-39(27-32)40-28-33(31-13-5-2-6-14-31)22-25-43(40)49(42)34-23-26-45-41(29-34)37-18-9-17-36(48(37)51-45)35-16-10-20-46-47(35)38-15-7-8-19-44(38)50-46/h1-29H. The number of benzene rings is 8. The zero-order valence-electron chi connectivity index (χ0n) is 27.5. The van der Waals surface area contributed by atoms with Crippen molar-refractivity contribution >= 4 is 65.7 Å². The first-order valence-electron chi connectivity index (χ1n) is 17.3. The van der Waals surface area contributed by atoms with Gasteiger partial charge in [0, 0.05) is 43.6 Å². The molecule has 3 nitrogen and oxygen atoms in total. The minimum atomic E-state index is 0.865.